The molecule has 0 atom stereocenters. The number of rotatable bonds is 17. The van der Waals surface area contributed by atoms with Crippen LogP contribution in [0.15, 0.2) is 47.5 Å². The van der Waals surface area contributed by atoms with E-state index in [2.05, 4.69) is 10.6 Å². The number of amides is 2. The Morgan fingerprint density at radius 3 is 1.21 bits per heavy atom. The van der Waals surface area contributed by atoms with Gasteiger partial charge in [0.25, 0.3) is 11.8 Å². The topological polar surface area (TPSA) is 187 Å². The smallest absolute Gasteiger partial charge is 0.261 e. The number of nitriles is 2. The summed E-state index contributed by atoms with van der Waals surface area (Å²) in [5.74, 6) is -2.12. The van der Waals surface area contributed by atoms with Gasteiger partial charge >= 0.3 is 0 Å². The van der Waals surface area contributed by atoms with E-state index in [1.54, 1.807) is 0 Å². The van der Waals surface area contributed by atoms with Crippen molar-refractivity contribution >= 4 is 24.0 Å². The summed E-state index contributed by atoms with van der Waals surface area (Å²) in [4.78, 5) is 24.5. The highest BCUT2D eigenvalue weighted by Gasteiger charge is 2.10. The number of aromatic hydroxyl groups is 4. The molecule has 222 valence electrons. The molecule has 0 radical (unpaired) electrons. The van der Waals surface area contributed by atoms with Crippen LogP contribution in [-0.4, -0.2) is 45.3 Å². The molecule has 6 N–H and O–H groups in total. The fourth-order valence-electron chi connectivity index (χ4n) is 4.15. The van der Waals surface area contributed by atoms with E-state index in [-0.39, 0.29) is 34.1 Å². The van der Waals surface area contributed by atoms with E-state index in [0.717, 1.165) is 64.2 Å². The molecule has 2 aromatic carbocycles. The quantitative estimate of drug-likeness (QED) is 0.0647. The summed E-state index contributed by atoms with van der Waals surface area (Å²) in [5, 5.41) is 61.8. The van der Waals surface area contributed by atoms with Crippen LogP contribution >= 0.6 is 0 Å². The van der Waals surface area contributed by atoms with Gasteiger partial charge in [-0.1, -0.05) is 63.5 Å². The first-order valence-corrected chi connectivity index (χ1v) is 14.1. The lowest BCUT2D eigenvalue weighted by molar-refractivity contribution is -0.117. The van der Waals surface area contributed by atoms with E-state index in [4.69, 9.17) is 0 Å². The molecule has 0 bridgehead atoms. The zero-order chi connectivity index (χ0) is 30.7. The normalized spacial score (nSPS) is 11.4. The summed E-state index contributed by atoms with van der Waals surface area (Å²) in [6, 6.07) is 11.9. The monoisotopic (exact) mass is 574 g/mol. The minimum Gasteiger partial charge on any atom is -0.504 e. The van der Waals surface area contributed by atoms with Crippen molar-refractivity contribution in [3.8, 4) is 35.1 Å². The van der Waals surface area contributed by atoms with Crippen molar-refractivity contribution in [1.29, 1.82) is 10.5 Å². The highest BCUT2D eigenvalue weighted by Crippen LogP contribution is 2.27. The molecular formula is C32H38N4O6. The predicted octanol–water partition coefficient (Wildman–Crippen LogP) is 5.16. The average Bonchev–Trinajstić information content (AvgIpc) is 2.98. The summed E-state index contributed by atoms with van der Waals surface area (Å²) >= 11 is 0. The number of hydrogen-bond acceptors (Lipinski definition) is 8. The number of carbonyl (C=O) groups is 2. The number of benzene rings is 2. The van der Waals surface area contributed by atoms with Gasteiger partial charge in [0.2, 0.25) is 0 Å². The van der Waals surface area contributed by atoms with Gasteiger partial charge < -0.3 is 31.1 Å². The maximum absolute atomic E-state index is 12.2. The molecule has 0 spiro atoms. The van der Waals surface area contributed by atoms with Gasteiger partial charge in [0, 0.05) is 13.1 Å². The van der Waals surface area contributed by atoms with Crippen LogP contribution in [-0.2, 0) is 9.59 Å². The van der Waals surface area contributed by atoms with E-state index >= 15 is 0 Å². The summed E-state index contributed by atoms with van der Waals surface area (Å²) in [5.41, 5.74) is 0.742. The number of hydrogen-bond donors (Lipinski definition) is 6. The lowest BCUT2D eigenvalue weighted by Gasteiger charge is -2.06. The molecule has 42 heavy (non-hydrogen) atoms. The van der Waals surface area contributed by atoms with E-state index in [9.17, 15) is 40.5 Å². The third-order valence-electron chi connectivity index (χ3n) is 6.53. The number of phenolic OH excluding ortho intramolecular Hbond substituents is 4. The second-order valence-corrected chi connectivity index (χ2v) is 9.88. The molecule has 2 rings (SSSR count). The van der Waals surface area contributed by atoms with Gasteiger partial charge in [0.1, 0.15) is 23.3 Å². The maximum atomic E-state index is 12.2. The molecule has 0 saturated heterocycles. The van der Waals surface area contributed by atoms with Crippen molar-refractivity contribution in [2.75, 3.05) is 13.1 Å². The van der Waals surface area contributed by atoms with Crippen LogP contribution in [0, 0.1) is 22.7 Å². The average molecular weight is 575 g/mol. The Morgan fingerprint density at radius 2 is 0.905 bits per heavy atom. The van der Waals surface area contributed by atoms with Gasteiger partial charge in [-0.05, 0) is 60.4 Å². The third-order valence-corrected chi connectivity index (χ3v) is 6.53. The molecule has 0 fully saturated rings. The van der Waals surface area contributed by atoms with E-state index in [1.165, 1.54) is 48.6 Å². The van der Waals surface area contributed by atoms with Crippen LogP contribution in [0.4, 0.5) is 0 Å². The fraction of sp³-hybridized carbons (Fsp3) is 0.375. The van der Waals surface area contributed by atoms with Crippen molar-refractivity contribution in [2.24, 2.45) is 0 Å². The molecule has 0 saturated carbocycles. The summed E-state index contributed by atoms with van der Waals surface area (Å²) in [7, 11) is 0. The van der Waals surface area contributed by atoms with Crippen molar-refractivity contribution < 1.29 is 30.0 Å². The summed E-state index contributed by atoms with van der Waals surface area (Å²) < 4.78 is 0. The molecule has 10 heteroatoms. The maximum Gasteiger partial charge on any atom is 0.261 e. The van der Waals surface area contributed by atoms with E-state index in [0.29, 0.717) is 24.2 Å². The molecule has 0 aromatic heterocycles. The molecule has 10 nitrogen and oxygen atoms in total. The highest BCUT2D eigenvalue weighted by molar-refractivity contribution is 6.02. The van der Waals surface area contributed by atoms with E-state index in [1.807, 2.05) is 12.1 Å². The Morgan fingerprint density at radius 1 is 0.571 bits per heavy atom. The van der Waals surface area contributed by atoms with Crippen molar-refractivity contribution in [1.82, 2.24) is 10.6 Å². The molecule has 0 aliphatic heterocycles. The van der Waals surface area contributed by atoms with Crippen molar-refractivity contribution in [3.05, 3.63) is 58.7 Å². The Bertz CT molecular complexity index is 1250. The number of nitrogens with zero attached hydrogens (tertiary/aromatic N) is 2. The zero-order valence-electron chi connectivity index (χ0n) is 23.6. The first-order valence-electron chi connectivity index (χ1n) is 14.1. The lowest BCUT2D eigenvalue weighted by Crippen LogP contribution is -2.25. The van der Waals surface area contributed by atoms with Gasteiger partial charge in [-0.25, -0.2) is 0 Å². The van der Waals surface area contributed by atoms with Crippen molar-refractivity contribution in [2.45, 2.75) is 64.2 Å². The fourth-order valence-corrected chi connectivity index (χ4v) is 4.15. The Balaban J connectivity index is 1.48. The minimum absolute atomic E-state index is 0.0706. The van der Waals surface area contributed by atoms with Crippen LogP contribution in [0.25, 0.3) is 12.2 Å². The summed E-state index contributed by atoms with van der Waals surface area (Å²) in [6.07, 6.45) is 12.9. The Labute approximate surface area is 246 Å². The predicted molar refractivity (Wildman–Crippen MR) is 159 cm³/mol. The number of phenols is 4. The van der Waals surface area contributed by atoms with Gasteiger partial charge in [0.05, 0.1) is 0 Å². The Kier molecular flexibility index (Phi) is 14.6. The molecule has 0 aliphatic rings. The minimum atomic E-state index is -0.471. The SMILES string of the molecule is N#C/C(=C\c1ccc(O)c(O)c1)C(=O)NCCCCCCCCCCCCNC(=O)/C(C#N)=C/c1ccc(O)c(O)c1. The van der Waals surface area contributed by atoms with Gasteiger partial charge in [-0.2, -0.15) is 10.5 Å². The lowest BCUT2D eigenvalue weighted by atomic mass is 10.1. The largest absolute Gasteiger partial charge is 0.504 e. The van der Waals surface area contributed by atoms with Gasteiger partial charge in [0.15, 0.2) is 23.0 Å². The van der Waals surface area contributed by atoms with Crippen LogP contribution in [0.2, 0.25) is 0 Å². The Hall–Kier alpha value is -4.96. The van der Waals surface area contributed by atoms with E-state index < -0.39 is 11.8 Å². The summed E-state index contributed by atoms with van der Waals surface area (Å²) in [6.45, 7) is 0.947. The highest BCUT2D eigenvalue weighted by atomic mass is 16.3. The number of unbranched alkanes of at least 4 members (excludes halogenated alkanes) is 9. The van der Waals surface area contributed by atoms with Crippen LogP contribution in [0.5, 0.6) is 23.0 Å². The molecule has 2 amide bonds. The molecular weight excluding hydrogens is 536 g/mol. The van der Waals surface area contributed by atoms with Gasteiger partial charge in [-0.3, -0.25) is 9.59 Å². The van der Waals surface area contributed by atoms with Crippen molar-refractivity contribution in [3.63, 3.8) is 0 Å². The molecule has 2 aromatic rings. The van der Waals surface area contributed by atoms with Crippen LogP contribution < -0.4 is 10.6 Å². The van der Waals surface area contributed by atoms with Crippen LogP contribution in [0.3, 0.4) is 0 Å². The molecule has 0 heterocycles. The first-order chi connectivity index (χ1) is 20.2. The zero-order valence-corrected chi connectivity index (χ0v) is 23.6. The van der Waals surface area contributed by atoms with Crippen LogP contribution in [0.1, 0.15) is 75.3 Å². The first kappa shape index (κ1) is 33.2. The second kappa shape index (κ2) is 18.4. The third kappa shape index (κ3) is 12.1. The second-order valence-electron chi connectivity index (χ2n) is 9.88. The van der Waals surface area contributed by atoms with Gasteiger partial charge in [-0.15, -0.1) is 0 Å². The molecule has 0 unspecified atom stereocenters. The standard InChI is InChI=1S/C32H38N4O6/c33-21-25(17-23-11-13-27(37)29(39)19-23)31(41)35-15-9-7-5-3-1-2-4-6-8-10-16-36-32(42)26(22-34)18-24-12-14-28(38)30(40)20-24/h11-14,17-20,37-40H,1-10,15-16H2,(H,35,41)(H,36,42)/b25-17+,26-18+. The number of carbonyl (C=O) groups excluding carboxylic acids is 2. The number of nitrogens with one attached hydrogen (secondary N) is 2. The molecule has 0 aliphatic carbocycles.